The minimum atomic E-state index is -5.68. The van der Waals surface area contributed by atoms with Gasteiger partial charge in [0.15, 0.2) is 0 Å². The highest BCUT2D eigenvalue weighted by molar-refractivity contribution is 5.27. The van der Waals surface area contributed by atoms with E-state index in [2.05, 4.69) is 16.1 Å². The van der Waals surface area contributed by atoms with Crippen molar-refractivity contribution in [3.05, 3.63) is 48.7 Å². The van der Waals surface area contributed by atoms with Crippen molar-refractivity contribution in [3.63, 3.8) is 0 Å². The third-order valence-electron chi connectivity index (χ3n) is 2.62. The molecule has 0 saturated heterocycles. The topological polar surface area (TPSA) is 18.5 Å². The maximum atomic E-state index is 13.2. The Kier molecular flexibility index (Phi) is 5.27. The number of benzene rings is 1. The zero-order valence-electron chi connectivity index (χ0n) is 10.7. The van der Waals surface area contributed by atoms with Crippen LogP contribution in [0, 0.1) is 0 Å². The van der Waals surface area contributed by atoms with Crippen LogP contribution in [-0.4, -0.2) is 25.6 Å². The Bertz CT molecular complexity index is 438. The minimum absolute atomic E-state index is 0.482. The summed E-state index contributed by atoms with van der Waals surface area (Å²) in [5.74, 6) is 0. The molecule has 0 aliphatic rings. The Labute approximate surface area is 117 Å². The van der Waals surface area contributed by atoms with Crippen molar-refractivity contribution in [2.45, 2.75) is 18.0 Å². The molecular formula is C13H12F6O2. The highest BCUT2D eigenvalue weighted by Crippen LogP contribution is 2.52. The van der Waals surface area contributed by atoms with E-state index in [1.165, 1.54) is 6.07 Å². The molecule has 0 aromatic heterocycles. The quantitative estimate of drug-likeness (QED) is 0.445. The van der Waals surface area contributed by atoms with Gasteiger partial charge >= 0.3 is 12.4 Å². The molecule has 21 heavy (non-hydrogen) atoms. The summed E-state index contributed by atoms with van der Waals surface area (Å²) in [4.78, 5) is 0. The summed E-state index contributed by atoms with van der Waals surface area (Å²) in [7, 11) is 0. The second-order valence-corrected chi connectivity index (χ2v) is 3.93. The summed E-state index contributed by atoms with van der Waals surface area (Å²) in [5, 5.41) is 0. The number of ether oxygens (including phenoxy) is 2. The van der Waals surface area contributed by atoms with Gasteiger partial charge in [-0.1, -0.05) is 36.9 Å². The molecule has 0 aliphatic carbocycles. The van der Waals surface area contributed by atoms with E-state index in [9.17, 15) is 26.3 Å². The van der Waals surface area contributed by atoms with Crippen LogP contribution in [0.4, 0.5) is 26.3 Å². The van der Waals surface area contributed by atoms with Gasteiger partial charge in [-0.15, -0.1) is 0 Å². The molecule has 1 rings (SSSR count). The Morgan fingerprint density at radius 2 is 1.43 bits per heavy atom. The largest absolute Gasteiger partial charge is 0.499 e. The van der Waals surface area contributed by atoms with E-state index in [1.54, 1.807) is 0 Å². The Morgan fingerprint density at radius 1 is 0.905 bits per heavy atom. The first kappa shape index (κ1) is 17.4. The van der Waals surface area contributed by atoms with Crippen LogP contribution in [0.25, 0.3) is 0 Å². The highest BCUT2D eigenvalue weighted by Gasteiger charge is 2.73. The average molecular weight is 314 g/mol. The van der Waals surface area contributed by atoms with E-state index in [0.717, 1.165) is 30.5 Å². The molecule has 0 bridgehead atoms. The van der Waals surface area contributed by atoms with Crippen molar-refractivity contribution in [1.29, 1.82) is 0 Å². The Balaban J connectivity index is 3.27. The van der Waals surface area contributed by atoms with Gasteiger partial charge in [0, 0.05) is 5.56 Å². The summed E-state index contributed by atoms with van der Waals surface area (Å²) in [6.07, 6.45) is -10.5. The lowest BCUT2D eigenvalue weighted by molar-refractivity contribution is -0.390. The van der Waals surface area contributed by atoms with Crippen molar-refractivity contribution >= 4 is 0 Å². The van der Waals surface area contributed by atoms with E-state index < -0.39 is 36.7 Å². The lowest BCUT2D eigenvalue weighted by Gasteiger charge is -2.37. The molecule has 0 fully saturated rings. The highest BCUT2D eigenvalue weighted by atomic mass is 19.4. The van der Waals surface area contributed by atoms with Crippen LogP contribution in [0.5, 0.6) is 0 Å². The molecule has 0 saturated carbocycles. The van der Waals surface area contributed by atoms with Crippen molar-refractivity contribution < 1.29 is 35.8 Å². The molecule has 1 aromatic rings. The van der Waals surface area contributed by atoms with Crippen molar-refractivity contribution in [3.8, 4) is 0 Å². The molecule has 0 atom stereocenters. The zero-order valence-corrected chi connectivity index (χ0v) is 10.7. The first-order chi connectivity index (χ1) is 9.67. The third-order valence-corrected chi connectivity index (χ3v) is 2.62. The van der Waals surface area contributed by atoms with Crippen molar-refractivity contribution in [2.24, 2.45) is 0 Å². The summed E-state index contributed by atoms with van der Waals surface area (Å²) in [5.41, 5.74) is -5.44. The summed E-state index contributed by atoms with van der Waals surface area (Å²) in [6.45, 7) is 1.74. The standard InChI is InChI=1S/C13H12F6O2/c1-2-20-8-9-21-11(12(14,15)16,13(17,18)19)10-6-4-3-5-7-10/h2-7H,1,8-9H2. The fourth-order valence-corrected chi connectivity index (χ4v) is 1.73. The second-order valence-electron chi connectivity index (χ2n) is 3.93. The number of halogens is 6. The smallest absolute Gasteiger partial charge is 0.430 e. The van der Waals surface area contributed by atoms with E-state index in [4.69, 9.17) is 0 Å². The molecule has 0 spiro atoms. The average Bonchev–Trinajstić information content (AvgIpc) is 2.37. The molecule has 2 nitrogen and oxygen atoms in total. The summed E-state index contributed by atoms with van der Waals surface area (Å²) < 4.78 is 87.7. The molecule has 0 aliphatic heterocycles. The third kappa shape index (κ3) is 3.49. The second kappa shape index (κ2) is 6.38. The van der Waals surface area contributed by atoms with Gasteiger partial charge in [0.1, 0.15) is 6.61 Å². The monoisotopic (exact) mass is 314 g/mol. The SMILES string of the molecule is C=COCCOC(c1ccccc1)(C(F)(F)F)C(F)(F)F. The lowest BCUT2D eigenvalue weighted by Crippen LogP contribution is -2.56. The van der Waals surface area contributed by atoms with Crippen LogP contribution in [0.3, 0.4) is 0 Å². The van der Waals surface area contributed by atoms with Gasteiger partial charge in [0.05, 0.1) is 12.9 Å². The van der Waals surface area contributed by atoms with Crippen LogP contribution in [-0.2, 0) is 15.1 Å². The van der Waals surface area contributed by atoms with Crippen LogP contribution in [0.2, 0.25) is 0 Å². The van der Waals surface area contributed by atoms with Crippen molar-refractivity contribution in [1.82, 2.24) is 0 Å². The van der Waals surface area contributed by atoms with Gasteiger partial charge in [0.25, 0.3) is 5.60 Å². The van der Waals surface area contributed by atoms with Gasteiger partial charge in [-0.05, 0) is 0 Å². The molecule has 0 amide bonds. The van der Waals surface area contributed by atoms with Gasteiger partial charge in [-0.3, -0.25) is 0 Å². The van der Waals surface area contributed by atoms with Crippen LogP contribution < -0.4 is 0 Å². The molecular weight excluding hydrogens is 302 g/mol. The van der Waals surface area contributed by atoms with E-state index >= 15 is 0 Å². The van der Waals surface area contributed by atoms with Crippen LogP contribution in [0.1, 0.15) is 5.56 Å². The van der Waals surface area contributed by atoms with E-state index in [-0.39, 0.29) is 0 Å². The molecule has 8 heteroatoms. The number of rotatable bonds is 6. The predicted molar refractivity (Wildman–Crippen MR) is 62.3 cm³/mol. The van der Waals surface area contributed by atoms with Gasteiger partial charge < -0.3 is 9.47 Å². The number of hydrogen-bond donors (Lipinski definition) is 0. The molecule has 118 valence electrons. The molecule has 0 radical (unpaired) electrons. The Hall–Kier alpha value is -1.70. The number of alkyl halides is 6. The minimum Gasteiger partial charge on any atom is -0.499 e. The number of hydrogen-bond acceptors (Lipinski definition) is 2. The van der Waals surface area contributed by atoms with Crippen molar-refractivity contribution in [2.75, 3.05) is 13.2 Å². The first-order valence-corrected chi connectivity index (χ1v) is 5.72. The zero-order chi connectivity index (χ0) is 16.1. The molecule has 1 aromatic carbocycles. The van der Waals surface area contributed by atoms with Crippen LogP contribution in [0.15, 0.2) is 43.2 Å². The fourth-order valence-electron chi connectivity index (χ4n) is 1.73. The van der Waals surface area contributed by atoms with E-state index in [0.29, 0.717) is 0 Å². The normalized spacial score (nSPS) is 13.0. The van der Waals surface area contributed by atoms with Gasteiger partial charge in [-0.25, -0.2) is 0 Å². The Morgan fingerprint density at radius 3 is 1.86 bits per heavy atom. The fraction of sp³-hybridized carbons (Fsp3) is 0.385. The van der Waals surface area contributed by atoms with Crippen LogP contribution >= 0.6 is 0 Å². The predicted octanol–water partition coefficient (Wildman–Crippen LogP) is 4.18. The lowest BCUT2D eigenvalue weighted by atomic mass is 9.92. The van der Waals surface area contributed by atoms with E-state index in [1.807, 2.05) is 0 Å². The maximum absolute atomic E-state index is 13.2. The molecule has 0 N–H and O–H groups in total. The summed E-state index contributed by atoms with van der Waals surface area (Å²) >= 11 is 0. The van der Waals surface area contributed by atoms with Gasteiger partial charge in [0.2, 0.25) is 0 Å². The molecule has 0 heterocycles. The molecule has 0 unspecified atom stereocenters. The van der Waals surface area contributed by atoms with Gasteiger partial charge in [-0.2, -0.15) is 26.3 Å². The summed E-state index contributed by atoms with van der Waals surface area (Å²) in [6, 6.07) is 4.89. The first-order valence-electron chi connectivity index (χ1n) is 5.72. The maximum Gasteiger partial charge on any atom is 0.430 e.